The lowest BCUT2D eigenvalue weighted by molar-refractivity contribution is 0.0526. The molecule has 0 N–H and O–H groups in total. The molecule has 0 unspecified atom stereocenters. The predicted octanol–water partition coefficient (Wildman–Crippen LogP) is 1.51. The normalized spacial score (nSPS) is 17.8. The summed E-state index contributed by atoms with van der Waals surface area (Å²) in [6.07, 6.45) is 4.79. The average molecular weight is 292 g/mol. The van der Waals surface area contributed by atoms with E-state index in [1.54, 1.807) is 18.9 Å². The molecule has 1 amide bonds. The van der Waals surface area contributed by atoms with Gasteiger partial charge in [-0.15, -0.1) is 0 Å². The van der Waals surface area contributed by atoms with E-state index in [0.717, 1.165) is 12.8 Å². The zero-order valence-electron chi connectivity index (χ0n) is 12.4. The molecule has 1 aromatic heterocycles. The van der Waals surface area contributed by atoms with Gasteiger partial charge in [0.25, 0.3) is 5.91 Å². The highest BCUT2D eigenvalue weighted by Crippen LogP contribution is 2.20. The van der Waals surface area contributed by atoms with Crippen molar-refractivity contribution >= 4 is 11.9 Å². The second-order valence-electron chi connectivity index (χ2n) is 4.93. The third-order valence-corrected chi connectivity index (χ3v) is 3.49. The number of likely N-dealkylation sites (tertiary alicyclic amines) is 1. The Morgan fingerprint density at radius 1 is 1.38 bits per heavy atom. The van der Waals surface area contributed by atoms with E-state index >= 15 is 0 Å². The fourth-order valence-electron chi connectivity index (χ4n) is 2.52. The standard InChI is InChI=1S/C15H20N2O4/c1-3-21-15(19)12-7-11(8-16-9-12)14(18)17-6-4-5-13(17)10-20-2/h7-9,13H,3-6,10H2,1-2H3/t13-/m0/s1. The van der Waals surface area contributed by atoms with Crippen LogP contribution in [0.1, 0.15) is 40.5 Å². The number of esters is 1. The predicted molar refractivity (Wildman–Crippen MR) is 76.1 cm³/mol. The number of nitrogens with zero attached hydrogens (tertiary/aromatic N) is 2. The van der Waals surface area contributed by atoms with Crippen LogP contribution in [0.4, 0.5) is 0 Å². The van der Waals surface area contributed by atoms with Gasteiger partial charge >= 0.3 is 5.97 Å². The third-order valence-electron chi connectivity index (χ3n) is 3.49. The van der Waals surface area contributed by atoms with Gasteiger partial charge in [-0.25, -0.2) is 4.79 Å². The summed E-state index contributed by atoms with van der Waals surface area (Å²) >= 11 is 0. The number of methoxy groups -OCH3 is 1. The number of carbonyl (C=O) groups excluding carboxylic acids is 2. The van der Waals surface area contributed by atoms with Crippen LogP contribution in [0.2, 0.25) is 0 Å². The van der Waals surface area contributed by atoms with E-state index < -0.39 is 5.97 Å². The van der Waals surface area contributed by atoms with Gasteiger partial charge < -0.3 is 14.4 Å². The third kappa shape index (κ3) is 3.58. The second kappa shape index (κ2) is 7.17. The summed E-state index contributed by atoms with van der Waals surface area (Å²) in [7, 11) is 1.63. The van der Waals surface area contributed by atoms with E-state index in [0.29, 0.717) is 30.9 Å². The van der Waals surface area contributed by atoms with Gasteiger partial charge in [-0.3, -0.25) is 9.78 Å². The van der Waals surface area contributed by atoms with Crippen LogP contribution >= 0.6 is 0 Å². The molecule has 0 aliphatic carbocycles. The van der Waals surface area contributed by atoms with Crippen LogP contribution in [0.3, 0.4) is 0 Å². The largest absolute Gasteiger partial charge is 0.462 e. The lowest BCUT2D eigenvalue weighted by atomic mass is 10.1. The Morgan fingerprint density at radius 3 is 2.86 bits per heavy atom. The van der Waals surface area contributed by atoms with E-state index in [1.165, 1.54) is 18.5 Å². The molecule has 1 aliphatic rings. The minimum absolute atomic E-state index is 0.0914. The first kappa shape index (κ1) is 15.4. The van der Waals surface area contributed by atoms with Crippen LogP contribution in [-0.4, -0.2) is 54.7 Å². The molecule has 0 spiro atoms. The van der Waals surface area contributed by atoms with E-state index in [4.69, 9.17) is 9.47 Å². The van der Waals surface area contributed by atoms with Crippen molar-refractivity contribution in [1.82, 2.24) is 9.88 Å². The molecule has 0 radical (unpaired) electrons. The van der Waals surface area contributed by atoms with Crippen LogP contribution in [0.5, 0.6) is 0 Å². The first-order valence-corrected chi connectivity index (χ1v) is 7.09. The summed E-state index contributed by atoms with van der Waals surface area (Å²) < 4.78 is 10.1. The molecule has 6 nitrogen and oxygen atoms in total. The number of pyridine rings is 1. The lowest BCUT2D eigenvalue weighted by Gasteiger charge is -2.24. The smallest absolute Gasteiger partial charge is 0.339 e. The summed E-state index contributed by atoms with van der Waals surface area (Å²) in [4.78, 5) is 30.0. The van der Waals surface area contributed by atoms with E-state index in [1.807, 2.05) is 0 Å². The maximum atomic E-state index is 12.5. The number of rotatable bonds is 5. The fourth-order valence-corrected chi connectivity index (χ4v) is 2.52. The van der Waals surface area contributed by atoms with Gasteiger partial charge in [-0.1, -0.05) is 0 Å². The van der Waals surface area contributed by atoms with Crippen molar-refractivity contribution in [3.63, 3.8) is 0 Å². The van der Waals surface area contributed by atoms with Gasteiger partial charge in [0, 0.05) is 26.0 Å². The minimum Gasteiger partial charge on any atom is -0.462 e. The zero-order chi connectivity index (χ0) is 15.2. The Bertz CT molecular complexity index is 518. The molecule has 21 heavy (non-hydrogen) atoms. The van der Waals surface area contributed by atoms with Crippen molar-refractivity contribution in [2.24, 2.45) is 0 Å². The number of carbonyl (C=O) groups is 2. The topological polar surface area (TPSA) is 68.7 Å². The van der Waals surface area contributed by atoms with Crippen LogP contribution < -0.4 is 0 Å². The Morgan fingerprint density at radius 2 is 2.14 bits per heavy atom. The zero-order valence-corrected chi connectivity index (χ0v) is 12.4. The monoisotopic (exact) mass is 292 g/mol. The maximum absolute atomic E-state index is 12.5. The molecule has 6 heteroatoms. The van der Waals surface area contributed by atoms with E-state index in [2.05, 4.69) is 4.98 Å². The Hall–Kier alpha value is -1.95. The fraction of sp³-hybridized carbons (Fsp3) is 0.533. The molecule has 1 aromatic rings. The highest BCUT2D eigenvalue weighted by molar-refractivity contribution is 5.97. The molecular formula is C15H20N2O4. The lowest BCUT2D eigenvalue weighted by Crippen LogP contribution is -2.38. The summed E-state index contributed by atoms with van der Waals surface area (Å²) in [6, 6.07) is 1.63. The molecule has 1 saturated heterocycles. The van der Waals surface area contributed by atoms with Gasteiger partial charge in [0.05, 0.1) is 30.4 Å². The van der Waals surface area contributed by atoms with Gasteiger partial charge in [-0.2, -0.15) is 0 Å². The highest BCUT2D eigenvalue weighted by Gasteiger charge is 2.29. The molecule has 0 bridgehead atoms. The van der Waals surface area contributed by atoms with Crippen molar-refractivity contribution in [2.45, 2.75) is 25.8 Å². The first-order chi connectivity index (χ1) is 10.2. The van der Waals surface area contributed by atoms with Crippen molar-refractivity contribution in [2.75, 3.05) is 26.9 Å². The average Bonchev–Trinajstić information content (AvgIpc) is 2.95. The van der Waals surface area contributed by atoms with Crippen molar-refractivity contribution in [1.29, 1.82) is 0 Å². The number of ether oxygens (including phenoxy) is 2. The molecule has 1 aliphatic heterocycles. The molecular weight excluding hydrogens is 272 g/mol. The van der Waals surface area contributed by atoms with Gasteiger partial charge in [0.2, 0.25) is 0 Å². The molecule has 1 fully saturated rings. The van der Waals surface area contributed by atoms with Crippen molar-refractivity contribution in [3.8, 4) is 0 Å². The number of hydrogen-bond acceptors (Lipinski definition) is 5. The highest BCUT2D eigenvalue weighted by atomic mass is 16.5. The van der Waals surface area contributed by atoms with Crippen LogP contribution in [0.15, 0.2) is 18.5 Å². The quantitative estimate of drug-likeness (QED) is 0.769. The van der Waals surface area contributed by atoms with Crippen LogP contribution in [-0.2, 0) is 9.47 Å². The van der Waals surface area contributed by atoms with E-state index in [9.17, 15) is 9.59 Å². The van der Waals surface area contributed by atoms with Crippen LogP contribution in [0.25, 0.3) is 0 Å². The number of aromatic nitrogens is 1. The van der Waals surface area contributed by atoms with E-state index in [-0.39, 0.29) is 11.9 Å². The molecule has 2 heterocycles. The van der Waals surface area contributed by atoms with Crippen LogP contribution in [0, 0.1) is 0 Å². The maximum Gasteiger partial charge on any atom is 0.339 e. The van der Waals surface area contributed by atoms with Gasteiger partial charge in [0.15, 0.2) is 0 Å². The Balaban J connectivity index is 2.15. The van der Waals surface area contributed by atoms with Gasteiger partial charge in [0.1, 0.15) is 0 Å². The Kier molecular flexibility index (Phi) is 5.27. The molecule has 2 rings (SSSR count). The SMILES string of the molecule is CCOC(=O)c1cncc(C(=O)N2CCC[C@H]2COC)c1. The summed E-state index contributed by atoms with van der Waals surface area (Å²) in [5, 5.41) is 0. The second-order valence-corrected chi connectivity index (χ2v) is 4.93. The summed E-state index contributed by atoms with van der Waals surface area (Å²) in [5.41, 5.74) is 0.703. The molecule has 114 valence electrons. The van der Waals surface area contributed by atoms with Crippen molar-refractivity contribution in [3.05, 3.63) is 29.6 Å². The summed E-state index contributed by atoms with van der Waals surface area (Å²) in [6.45, 7) is 3.26. The van der Waals surface area contributed by atoms with Crippen molar-refractivity contribution < 1.29 is 19.1 Å². The molecule has 1 atom stereocenters. The van der Waals surface area contributed by atoms with Gasteiger partial charge in [-0.05, 0) is 25.8 Å². The number of amides is 1. The summed E-state index contributed by atoms with van der Waals surface area (Å²) in [5.74, 6) is -0.581. The first-order valence-electron chi connectivity index (χ1n) is 7.09. The molecule has 0 aromatic carbocycles. The Labute approximate surface area is 124 Å². The number of hydrogen-bond donors (Lipinski definition) is 0. The minimum atomic E-state index is -0.463. The molecule has 0 saturated carbocycles.